The summed E-state index contributed by atoms with van der Waals surface area (Å²) in [5.41, 5.74) is 2.52. The molecule has 0 saturated carbocycles. The summed E-state index contributed by atoms with van der Waals surface area (Å²) in [5, 5.41) is 3.74. The monoisotopic (exact) mass is 589 g/mol. The molecule has 0 unspecified atom stereocenters. The molecule has 39 heavy (non-hydrogen) atoms. The summed E-state index contributed by atoms with van der Waals surface area (Å²) < 4.78 is 26.8. The minimum Gasteiger partial charge on any atom is -0.354 e. The van der Waals surface area contributed by atoms with Crippen LogP contribution < -0.4 is 9.62 Å². The fraction of sp³-hybridized carbons (Fsp3) is 0.310. The first-order valence-electron chi connectivity index (χ1n) is 12.6. The third kappa shape index (κ3) is 8.71. The predicted octanol–water partition coefficient (Wildman–Crippen LogP) is 5.23. The van der Waals surface area contributed by atoms with Crippen molar-refractivity contribution >= 4 is 50.7 Å². The van der Waals surface area contributed by atoms with Crippen LogP contribution in [0.3, 0.4) is 0 Å². The highest BCUT2D eigenvalue weighted by molar-refractivity contribution is 7.92. The van der Waals surface area contributed by atoms with Crippen LogP contribution in [-0.2, 0) is 32.6 Å². The van der Waals surface area contributed by atoms with E-state index in [0.29, 0.717) is 33.4 Å². The molecule has 0 spiro atoms. The van der Waals surface area contributed by atoms with Crippen molar-refractivity contribution in [1.82, 2.24) is 10.2 Å². The maximum absolute atomic E-state index is 14.0. The number of nitrogens with zero attached hydrogens (tertiary/aromatic N) is 2. The molecule has 3 aromatic carbocycles. The van der Waals surface area contributed by atoms with Crippen LogP contribution in [0, 0.1) is 6.92 Å². The van der Waals surface area contributed by atoms with Gasteiger partial charge in [-0.15, -0.1) is 0 Å². The van der Waals surface area contributed by atoms with Crippen LogP contribution in [0.4, 0.5) is 5.69 Å². The van der Waals surface area contributed by atoms with Gasteiger partial charge in [0.15, 0.2) is 0 Å². The van der Waals surface area contributed by atoms with Gasteiger partial charge in [-0.3, -0.25) is 13.9 Å². The topological polar surface area (TPSA) is 86.8 Å². The first-order chi connectivity index (χ1) is 18.5. The maximum atomic E-state index is 14.0. The molecule has 10 heteroatoms. The second-order valence-electron chi connectivity index (χ2n) is 9.35. The zero-order valence-electron chi connectivity index (χ0n) is 22.2. The number of carbonyl (C=O) groups excluding carboxylic acids is 2. The number of amides is 2. The minimum absolute atomic E-state index is 0.0581. The first-order valence-corrected chi connectivity index (χ1v) is 15.2. The molecule has 2 amide bonds. The Bertz CT molecular complexity index is 1400. The van der Waals surface area contributed by atoms with Gasteiger partial charge in [0, 0.05) is 29.6 Å². The molecule has 0 heterocycles. The standard InChI is InChI=1S/C29H33Cl2N3O4S/c1-4-15-32-29(36)27(17-22-9-6-5-7-10-22)33(19-23-11-8-12-24(30)16-23)28(35)20-34(39(3,37)38)26-18-25(31)14-13-21(26)2/h5-14,16,18,27H,4,15,17,19-20H2,1-3H3,(H,32,36)/t27-/m1/s1. The molecule has 1 N–H and O–H groups in total. The van der Waals surface area contributed by atoms with Gasteiger partial charge in [-0.2, -0.15) is 0 Å². The average Bonchev–Trinajstić information content (AvgIpc) is 2.89. The van der Waals surface area contributed by atoms with Crippen LogP contribution in [0.2, 0.25) is 10.0 Å². The lowest BCUT2D eigenvalue weighted by Gasteiger charge is -2.34. The molecule has 0 radical (unpaired) electrons. The van der Waals surface area contributed by atoms with Crippen molar-refractivity contribution in [2.75, 3.05) is 23.7 Å². The van der Waals surface area contributed by atoms with Gasteiger partial charge in [0.2, 0.25) is 21.8 Å². The number of rotatable bonds is 12. The molecule has 0 aliphatic heterocycles. The Morgan fingerprint density at radius 2 is 1.59 bits per heavy atom. The largest absolute Gasteiger partial charge is 0.354 e. The number of aryl methyl sites for hydroxylation is 1. The fourth-order valence-electron chi connectivity index (χ4n) is 4.20. The quantitative estimate of drug-likeness (QED) is 0.313. The molecule has 7 nitrogen and oxygen atoms in total. The molecular weight excluding hydrogens is 557 g/mol. The molecule has 0 aromatic heterocycles. The second kappa shape index (κ2) is 13.8. The smallest absolute Gasteiger partial charge is 0.244 e. The van der Waals surface area contributed by atoms with Crippen molar-refractivity contribution in [3.63, 3.8) is 0 Å². The highest BCUT2D eigenvalue weighted by Crippen LogP contribution is 2.27. The number of carbonyl (C=O) groups is 2. The van der Waals surface area contributed by atoms with Gasteiger partial charge in [0.25, 0.3) is 0 Å². The Labute approximate surface area is 240 Å². The van der Waals surface area contributed by atoms with Gasteiger partial charge < -0.3 is 10.2 Å². The van der Waals surface area contributed by atoms with Crippen molar-refractivity contribution < 1.29 is 18.0 Å². The van der Waals surface area contributed by atoms with E-state index in [0.717, 1.165) is 22.5 Å². The first kappa shape index (κ1) is 30.5. The van der Waals surface area contributed by atoms with Gasteiger partial charge >= 0.3 is 0 Å². The number of sulfonamides is 1. The van der Waals surface area contributed by atoms with Crippen molar-refractivity contribution in [1.29, 1.82) is 0 Å². The van der Waals surface area contributed by atoms with Crippen LogP contribution in [0.1, 0.15) is 30.0 Å². The van der Waals surface area contributed by atoms with E-state index in [4.69, 9.17) is 23.2 Å². The predicted molar refractivity (Wildman–Crippen MR) is 158 cm³/mol. The van der Waals surface area contributed by atoms with E-state index in [1.165, 1.54) is 11.0 Å². The third-order valence-electron chi connectivity index (χ3n) is 6.18. The van der Waals surface area contributed by atoms with Gasteiger partial charge in [-0.1, -0.05) is 78.7 Å². The molecule has 208 valence electrons. The summed E-state index contributed by atoms with van der Waals surface area (Å²) in [4.78, 5) is 29.0. The van der Waals surface area contributed by atoms with Gasteiger partial charge in [-0.25, -0.2) is 8.42 Å². The zero-order valence-corrected chi connectivity index (χ0v) is 24.6. The van der Waals surface area contributed by atoms with Gasteiger partial charge in [0.05, 0.1) is 11.9 Å². The van der Waals surface area contributed by atoms with E-state index in [2.05, 4.69) is 5.32 Å². The molecule has 0 aliphatic rings. The second-order valence-corrected chi connectivity index (χ2v) is 12.1. The maximum Gasteiger partial charge on any atom is 0.244 e. The van der Waals surface area contributed by atoms with Crippen LogP contribution in [0.15, 0.2) is 72.8 Å². The zero-order chi connectivity index (χ0) is 28.6. The lowest BCUT2D eigenvalue weighted by atomic mass is 10.0. The minimum atomic E-state index is -3.88. The summed E-state index contributed by atoms with van der Waals surface area (Å²) in [6, 6.07) is 20.4. The molecule has 3 rings (SSSR count). The van der Waals surface area contributed by atoms with Crippen molar-refractivity contribution in [2.24, 2.45) is 0 Å². The van der Waals surface area contributed by atoms with E-state index in [9.17, 15) is 18.0 Å². The number of benzene rings is 3. The van der Waals surface area contributed by atoms with Crippen molar-refractivity contribution in [3.8, 4) is 0 Å². The number of halogens is 2. The number of anilines is 1. The highest BCUT2D eigenvalue weighted by Gasteiger charge is 2.33. The molecular formula is C29H33Cl2N3O4S. The Balaban J connectivity index is 2.07. The molecule has 0 saturated heterocycles. The fourth-order valence-corrected chi connectivity index (χ4v) is 5.48. The van der Waals surface area contributed by atoms with Crippen LogP contribution >= 0.6 is 23.2 Å². The average molecular weight is 591 g/mol. The van der Waals surface area contributed by atoms with Crippen LogP contribution in [0.25, 0.3) is 0 Å². The lowest BCUT2D eigenvalue weighted by Crippen LogP contribution is -2.53. The molecule has 0 bridgehead atoms. The number of hydrogen-bond acceptors (Lipinski definition) is 4. The Morgan fingerprint density at radius 3 is 2.23 bits per heavy atom. The summed E-state index contributed by atoms with van der Waals surface area (Å²) in [6.07, 6.45) is 2.01. The summed E-state index contributed by atoms with van der Waals surface area (Å²) >= 11 is 12.4. The number of nitrogens with one attached hydrogen (secondary N) is 1. The van der Waals surface area contributed by atoms with Gasteiger partial charge in [-0.05, 0) is 54.3 Å². The summed E-state index contributed by atoms with van der Waals surface area (Å²) in [7, 11) is -3.88. The lowest BCUT2D eigenvalue weighted by molar-refractivity contribution is -0.140. The molecule has 3 aromatic rings. The summed E-state index contributed by atoms with van der Waals surface area (Å²) in [5.74, 6) is -0.853. The normalized spacial score (nSPS) is 12.0. The van der Waals surface area contributed by atoms with Crippen molar-refractivity contribution in [2.45, 2.75) is 39.3 Å². The van der Waals surface area contributed by atoms with E-state index in [-0.39, 0.29) is 18.9 Å². The van der Waals surface area contributed by atoms with E-state index < -0.39 is 28.5 Å². The van der Waals surface area contributed by atoms with Gasteiger partial charge in [0.1, 0.15) is 12.6 Å². The SMILES string of the molecule is CCCNC(=O)[C@@H](Cc1ccccc1)N(Cc1cccc(Cl)c1)C(=O)CN(c1cc(Cl)ccc1C)S(C)(=O)=O. The Kier molecular flexibility index (Phi) is 10.8. The van der Waals surface area contributed by atoms with E-state index >= 15 is 0 Å². The Hall–Kier alpha value is -3.07. The summed E-state index contributed by atoms with van der Waals surface area (Å²) in [6.45, 7) is 3.68. The molecule has 1 atom stereocenters. The van der Waals surface area contributed by atoms with E-state index in [1.807, 2.05) is 43.3 Å². The van der Waals surface area contributed by atoms with Crippen molar-refractivity contribution in [3.05, 3.63) is 99.5 Å². The third-order valence-corrected chi connectivity index (χ3v) is 7.78. The van der Waals surface area contributed by atoms with Crippen LogP contribution in [-0.4, -0.2) is 50.5 Å². The molecule has 0 fully saturated rings. The van der Waals surface area contributed by atoms with E-state index in [1.54, 1.807) is 37.3 Å². The van der Waals surface area contributed by atoms with Crippen LogP contribution in [0.5, 0.6) is 0 Å². The number of hydrogen-bond donors (Lipinski definition) is 1. The molecule has 0 aliphatic carbocycles. The Morgan fingerprint density at radius 1 is 0.923 bits per heavy atom. The highest BCUT2D eigenvalue weighted by atomic mass is 35.5.